The second-order valence-corrected chi connectivity index (χ2v) is 5.26. The Morgan fingerprint density at radius 1 is 1.00 bits per heavy atom. The molecule has 0 fully saturated rings. The van der Waals surface area contributed by atoms with Crippen LogP contribution in [-0.4, -0.2) is 5.97 Å². The first kappa shape index (κ1) is 22.1. The summed E-state index contributed by atoms with van der Waals surface area (Å²) >= 11 is 0. The highest BCUT2D eigenvalue weighted by Gasteiger charge is 2.05. The van der Waals surface area contributed by atoms with Gasteiger partial charge < -0.3 is 4.74 Å². The van der Waals surface area contributed by atoms with E-state index in [1.165, 1.54) is 11.6 Å². The van der Waals surface area contributed by atoms with Crippen LogP contribution in [0.2, 0.25) is 0 Å². The van der Waals surface area contributed by atoms with Gasteiger partial charge in [-0.05, 0) is 44.9 Å². The van der Waals surface area contributed by atoms with E-state index in [4.69, 9.17) is 4.74 Å². The lowest BCUT2D eigenvalue weighted by molar-refractivity contribution is -0.134. The summed E-state index contributed by atoms with van der Waals surface area (Å²) in [6, 6.07) is 8.13. The lowest BCUT2D eigenvalue weighted by atomic mass is 10.0. The Morgan fingerprint density at radius 2 is 1.56 bits per heavy atom. The third-order valence-electron chi connectivity index (χ3n) is 3.20. The molecule has 0 saturated heterocycles. The zero-order chi connectivity index (χ0) is 19.2. The molecule has 1 rings (SSSR count). The molecule has 0 saturated carbocycles. The van der Waals surface area contributed by atoms with Crippen molar-refractivity contribution in [1.82, 2.24) is 0 Å². The maximum absolute atomic E-state index is 11.5. The fourth-order valence-corrected chi connectivity index (χ4v) is 1.56. The number of benzene rings is 1. The Balaban J connectivity index is 0.00000129. The molecule has 25 heavy (non-hydrogen) atoms. The first-order valence-corrected chi connectivity index (χ1v) is 8.08. The maximum atomic E-state index is 11.5. The van der Waals surface area contributed by atoms with Crippen LogP contribution in [0.25, 0.3) is 5.57 Å². The minimum absolute atomic E-state index is 0.231. The van der Waals surface area contributed by atoms with Crippen molar-refractivity contribution in [2.24, 2.45) is 0 Å². The third kappa shape index (κ3) is 9.11. The highest BCUT2D eigenvalue weighted by Crippen LogP contribution is 2.17. The Morgan fingerprint density at radius 3 is 2.00 bits per heavy atom. The molecule has 0 radical (unpaired) electrons. The molecule has 2 nitrogen and oxygen atoms in total. The van der Waals surface area contributed by atoms with E-state index >= 15 is 0 Å². The summed E-state index contributed by atoms with van der Waals surface area (Å²) in [5.41, 5.74) is 3.44. The lowest BCUT2D eigenvalue weighted by Crippen LogP contribution is -2.03. The smallest absolute Gasteiger partial charge is 0.342 e. The molecule has 0 aromatic heterocycles. The van der Waals surface area contributed by atoms with Crippen molar-refractivity contribution in [2.75, 3.05) is 0 Å². The highest BCUT2D eigenvalue weighted by atomic mass is 16.5. The largest absolute Gasteiger partial charge is 0.428 e. The number of aryl methyl sites for hydroxylation is 1. The van der Waals surface area contributed by atoms with Gasteiger partial charge in [0.15, 0.2) is 0 Å². The van der Waals surface area contributed by atoms with Gasteiger partial charge in [-0.1, -0.05) is 79.9 Å². The van der Waals surface area contributed by atoms with Crippen molar-refractivity contribution in [3.8, 4) is 0 Å². The first-order chi connectivity index (χ1) is 11.9. The van der Waals surface area contributed by atoms with Crippen LogP contribution in [0.5, 0.6) is 0 Å². The van der Waals surface area contributed by atoms with E-state index < -0.39 is 5.97 Å². The summed E-state index contributed by atoms with van der Waals surface area (Å²) < 4.78 is 5.13. The molecule has 0 bridgehead atoms. The number of carbonyl (C=O) groups excluding carboxylic acids is 1. The average molecular weight is 336 g/mol. The van der Waals surface area contributed by atoms with E-state index in [1.807, 2.05) is 63.3 Å². The van der Waals surface area contributed by atoms with Gasteiger partial charge in [-0.2, -0.15) is 0 Å². The fourth-order valence-electron chi connectivity index (χ4n) is 1.56. The van der Waals surface area contributed by atoms with E-state index in [1.54, 1.807) is 19.1 Å². The fraction of sp³-hybridized carbons (Fsp3) is 0.174. The summed E-state index contributed by atoms with van der Waals surface area (Å²) in [6.07, 6.45) is 10.7. The van der Waals surface area contributed by atoms with E-state index in [9.17, 15) is 4.79 Å². The lowest BCUT2D eigenvalue weighted by Gasteiger charge is -2.04. The summed E-state index contributed by atoms with van der Waals surface area (Å²) in [7, 11) is 0. The van der Waals surface area contributed by atoms with Crippen LogP contribution in [0.3, 0.4) is 0 Å². The van der Waals surface area contributed by atoms with Gasteiger partial charge in [0.25, 0.3) is 0 Å². The molecule has 1 aromatic carbocycles. The molecular formula is C23H28O2. The molecule has 0 N–H and O–H groups in total. The van der Waals surface area contributed by atoms with Crippen molar-refractivity contribution in [1.29, 1.82) is 0 Å². The molecule has 2 heteroatoms. The van der Waals surface area contributed by atoms with Crippen LogP contribution in [0.15, 0.2) is 91.8 Å². The van der Waals surface area contributed by atoms with E-state index in [0.29, 0.717) is 5.76 Å². The number of esters is 1. The third-order valence-corrected chi connectivity index (χ3v) is 3.20. The second-order valence-electron chi connectivity index (χ2n) is 5.26. The van der Waals surface area contributed by atoms with Crippen LogP contribution in [0.1, 0.15) is 31.9 Å². The SMILES string of the molecule is C/C=C/C.C=CC(=C)C(=O)O/C(C)=C/C=C(\C=C)c1ccc(C)cc1. The Kier molecular flexibility index (Phi) is 11.1. The summed E-state index contributed by atoms with van der Waals surface area (Å²) in [5, 5.41) is 0. The van der Waals surface area contributed by atoms with Crippen LogP contribution in [-0.2, 0) is 9.53 Å². The minimum Gasteiger partial charge on any atom is -0.428 e. The maximum Gasteiger partial charge on any atom is 0.342 e. The topological polar surface area (TPSA) is 26.3 Å². The van der Waals surface area contributed by atoms with Crippen molar-refractivity contribution in [2.45, 2.75) is 27.7 Å². The molecule has 0 spiro atoms. The molecule has 0 aliphatic carbocycles. The van der Waals surface area contributed by atoms with Crippen molar-refractivity contribution < 1.29 is 9.53 Å². The summed E-state index contributed by atoms with van der Waals surface area (Å²) in [5.74, 6) is -0.0166. The van der Waals surface area contributed by atoms with Gasteiger partial charge in [0.05, 0.1) is 5.57 Å². The van der Waals surface area contributed by atoms with Gasteiger partial charge in [-0.3, -0.25) is 0 Å². The Hall–Kier alpha value is -2.87. The van der Waals surface area contributed by atoms with E-state index in [2.05, 4.69) is 19.7 Å². The Labute approximate surface area is 152 Å². The molecule has 0 heterocycles. The van der Waals surface area contributed by atoms with Gasteiger partial charge in [0, 0.05) is 0 Å². The van der Waals surface area contributed by atoms with Gasteiger partial charge in [0.1, 0.15) is 5.76 Å². The van der Waals surface area contributed by atoms with Gasteiger partial charge >= 0.3 is 5.97 Å². The standard InChI is InChI=1S/C19H20O2.C4H8/c1-6-15(4)19(20)21-16(5)10-13-17(7-2)18-11-8-14(3)9-12-18;1-3-4-2/h6-13H,1-2,4H2,3,5H3;3-4H,1-2H3/b16-10+,17-13+;4-3+. The minimum atomic E-state index is -0.498. The van der Waals surface area contributed by atoms with Crippen LogP contribution in [0.4, 0.5) is 0 Å². The first-order valence-electron chi connectivity index (χ1n) is 8.08. The molecule has 1 aromatic rings. The monoisotopic (exact) mass is 336 g/mol. The van der Waals surface area contributed by atoms with Crippen LogP contribution < -0.4 is 0 Å². The number of carbonyl (C=O) groups is 1. The van der Waals surface area contributed by atoms with Crippen LogP contribution in [0, 0.1) is 6.92 Å². The number of allylic oxidation sites excluding steroid dienone is 7. The van der Waals surface area contributed by atoms with Gasteiger partial charge in [0.2, 0.25) is 0 Å². The molecule has 0 aliphatic rings. The van der Waals surface area contributed by atoms with E-state index in [0.717, 1.165) is 11.1 Å². The summed E-state index contributed by atoms with van der Waals surface area (Å²) in [6.45, 7) is 18.6. The Bertz CT molecular complexity index is 679. The predicted molar refractivity (Wildman–Crippen MR) is 109 cm³/mol. The summed E-state index contributed by atoms with van der Waals surface area (Å²) in [4.78, 5) is 11.5. The average Bonchev–Trinajstić information content (AvgIpc) is 2.62. The van der Waals surface area contributed by atoms with Crippen molar-refractivity contribution >= 4 is 11.5 Å². The highest BCUT2D eigenvalue weighted by molar-refractivity contribution is 5.91. The van der Waals surface area contributed by atoms with Gasteiger partial charge in [-0.25, -0.2) is 4.79 Å². The molecular weight excluding hydrogens is 308 g/mol. The zero-order valence-electron chi connectivity index (χ0n) is 15.7. The quantitative estimate of drug-likeness (QED) is 0.199. The molecule has 0 unspecified atom stereocenters. The van der Waals surface area contributed by atoms with E-state index in [-0.39, 0.29) is 5.57 Å². The molecule has 0 atom stereocenters. The number of hydrogen-bond acceptors (Lipinski definition) is 2. The number of hydrogen-bond donors (Lipinski definition) is 0. The van der Waals surface area contributed by atoms with Crippen molar-refractivity contribution in [3.63, 3.8) is 0 Å². The predicted octanol–water partition coefficient (Wildman–Crippen LogP) is 6.34. The zero-order valence-corrected chi connectivity index (χ0v) is 15.7. The van der Waals surface area contributed by atoms with Crippen LogP contribution >= 0.6 is 0 Å². The number of ether oxygens (including phenoxy) is 1. The van der Waals surface area contributed by atoms with Gasteiger partial charge in [-0.15, -0.1) is 0 Å². The molecule has 0 amide bonds. The van der Waals surface area contributed by atoms with Crippen molar-refractivity contribution in [3.05, 3.63) is 103 Å². The number of rotatable bonds is 6. The molecule has 0 aliphatic heterocycles. The normalized spacial score (nSPS) is 11.4. The second kappa shape index (κ2) is 12.5. The molecule has 132 valence electrons.